The van der Waals surface area contributed by atoms with Crippen molar-refractivity contribution < 1.29 is 14.9 Å². The molecule has 5 heteroatoms. The predicted molar refractivity (Wildman–Crippen MR) is 98.4 cm³/mol. The third-order valence-electron chi connectivity index (χ3n) is 7.36. The number of piperidine rings is 1. The van der Waals surface area contributed by atoms with Gasteiger partial charge >= 0.3 is 0 Å². The number of hydrogen-bond acceptors (Lipinski definition) is 4. The molecule has 1 saturated carbocycles. The molecule has 138 valence electrons. The monoisotopic (exact) mass is 365 g/mol. The fourth-order valence-corrected chi connectivity index (χ4v) is 5.77. The average molecular weight is 366 g/mol. The van der Waals surface area contributed by atoms with Gasteiger partial charge < -0.3 is 14.9 Å². The Kier molecular flexibility index (Phi) is 4.31. The van der Waals surface area contributed by atoms with Crippen LogP contribution in [0.1, 0.15) is 43.2 Å². The SMILES string of the molecule is Cl.Oc1ccc2c(c1)[C@]13CCN(CC4CCC4)[C@H](C2)[C@]1(O)CCOC3. The van der Waals surface area contributed by atoms with Crippen LogP contribution in [0.5, 0.6) is 5.75 Å². The molecule has 0 amide bonds. The summed E-state index contributed by atoms with van der Waals surface area (Å²) < 4.78 is 5.87. The number of phenols is 1. The van der Waals surface area contributed by atoms with Crippen LogP contribution in [-0.4, -0.2) is 53.1 Å². The van der Waals surface area contributed by atoms with E-state index in [-0.39, 0.29) is 23.9 Å². The third kappa shape index (κ3) is 2.38. The summed E-state index contributed by atoms with van der Waals surface area (Å²) >= 11 is 0. The summed E-state index contributed by atoms with van der Waals surface area (Å²) in [5.41, 5.74) is 1.34. The maximum Gasteiger partial charge on any atom is 0.115 e. The molecule has 2 aliphatic heterocycles. The van der Waals surface area contributed by atoms with Gasteiger partial charge in [0, 0.05) is 25.6 Å². The van der Waals surface area contributed by atoms with Crippen molar-refractivity contribution in [3.05, 3.63) is 29.3 Å². The molecule has 1 aromatic carbocycles. The van der Waals surface area contributed by atoms with E-state index in [1.54, 1.807) is 6.07 Å². The Morgan fingerprint density at radius 1 is 1.24 bits per heavy atom. The van der Waals surface area contributed by atoms with Crippen molar-refractivity contribution >= 4 is 12.4 Å². The Morgan fingerprint density at radius 2 is 2.08 bits per heavy atom. The van der Waals surface area contributed by atoms with Crippen LogP contribution < -0.4 is 0 Å². The Hall–Kier alpha value is -0.810. The van der Waals surface area contributed by atoms with Crippen LogP contribution in [0.4, 0.5) is 0 Å². The van der Waals surface area contributed by atoms with Gasteiger partial charge in [0.2, 0.25) is 0 Å². The van der Waals surface area contributed by atoms with Gasteiger partial charge in [0.25, 0.3) is 0 Å². The molecule has 0 unspecified atom stereocenters. The van der Waals surface area contributed by atoms with E-state index in [0.717, 1.165) is 37.4 Å². The average Bonchev–Trinajstić information content (AvgIpc) is 2.53. The van der Waals surface area contributed by atoms with Crippen molar-refractivity contribution in [1.29, 1.82) is 0 Å². The largest absolute Gasteiger partial charge is 0.508 e. The van der Waals surface area contributed by atoms with Gasteiger partial charge in [-0.1, -0.05) is 12.5 Å². The summed E-state index contributed by atoms with van der Waals surface area (Å²) in [5, 5.41) is 21.9. The molecule has 3 fully saturated rings. The molecular formula is C20H28ClNO3. The molecule has 2 N–H and O–H groups in total. The van der Waals surface area contributed by atoms with E-state index in [1.807, 2.05) is 6.07 Å². The van der Waals surface area contributed by atoms with Crippen molar-refractivity contribution in [3.63, 3.8) is 0 Å². The fraction of sp³-hybridized carbons (Fsp3) is 0.700. The maximum atomic E-state index is 11.9. The van der Waals surface area contributed by atoms with E-state index >= 15 is 0 Å². The first-order valence-electron chi connectivity index (χ1n) is 9.49. The van der Waals surface area contributed by atoms with Crippen LogP contribution in [0.15, 0.2) is 18.2 Å². The number of phenolic OH excluding ortho intramolecular Hbond substituents is 1. The van der Waals surface area contributed by atoms with Crippen molar-refractivity contribution in [2.45, 2.75) is 55.6 Å². The first-order chi connectivity index (χ1) is 11.6. The van der Waals surface area contributed by atoms with E-state index in [9.17, 15) is 10.2 Å². The lowest BCUT2D eigenvalue weighted by atomic mass is 9.53. The lowest BCUT2D eigenvalue weighted by Crippen LogP contribution is -2.74. The molecule has 2 aliphatic carbocycles. The van der Waals surface area contributed by atoms with Crippen molar-refractivity contribution in [3.8, 4) is 5.75 Å². The second-order valence-electron chi connectivity index (χ2n) is 8.41. The summed E-state index contributed by atoms with van der Waals surface area (Å²) in [5.74, 6) is 1.12. The number of halogens is 1. The Balaban J connectivity index is 0.00000157. The molecule has 0 radical (unpaired) electrons. The van der Waals surface area contributed by atoms with Gasteiger partial charge in [0.15, 0.2) is 0 Å². The Bertz CT molecular complexity index is 664. The highest BCUT2D eigenvalue weighted by molar-refractivity contribution is 5.85. The molecule has 0 spiro atoms. The second kappa shape index (κ2) is 6.12. The maximum absolute atomic E-state index is 11.9. The predicted octanol–water partition coefficient (Wildman–Crippen LogP) is 2.63. The molecule has 2 heterocycles. The molecule has 25 heavy (non-hydrogen) atoms. The normalized spacial score (nSPS) is 37.4. The number of benzene rings is 1. The lowest BCUT2D eigenvalue weighted by Gasteiger charge is -2.63. The van der Waals surface area contributed by atoms with Crippen molar-refractivity contribution in [2.75, 3.05) is 26.3 Å². The van der Waals surface area contributed by atoms with Gasteiger partial charge in [0.05, 0.1) is 17.6 Å². The molecule has 4 nitrogen and oxygen atoms in total. The zero-order chi connectivity index (χ0) is 16.4. The van der Waals surface area contributed by atoms with Gasteiger partial charge in [0.1, 0.15) is 5.75 Å². The highest BCUT2D eigenvalue weighted by Gasteiger charge is 2.64. The minimum absolute atomic E-state index is 0. The van der Waals surface area contributed by atoms with Gasteiger partial charge in [-0.25, -0.2) is 0 Å². The van der Waals surface area contributed by atoms with Crippen molar-refractivity contribution in [1.82, 2.24) is 4.90 Å². The van der Waals surface area contributed by atoms with Crippen LogP contribution in [0.3, 0.4) is 0 Å². The highest BCUT2D eigenvalue weighted by atomic mass is 35.5. The minimum Gasteiger partial charge on any atom is -0.508 e. The number of aliphatic hydroxyl groups is 1. The van der Waals surface area contributed by atoms with Crippen LogP contribution >= 0.6 is 12.4 Å². The Labute approximate surface area is 155 Å². The number of likely N-dealkylation sites (tertiary alicyclic amines) is 1. The molecular weight excluding hydrogens is 338 g/mol. The van der Waals surface area contributed by atoms with E-state index in [0.29, 0.717) is 25.4 Å². The number of ether oxygens (including phenoxy) is 1. The molecule has 2 bridgehead atoms. The molecule has 0 aromatic heterocycles. The van der Waals surface area contributed by atoms with Gasteiger partial charge in [-0.2, -0.15) is 0 Å². The van der Waals surface area contributed by atoms with Gasteiger partial charge in [-0.05, 0) is 61.4 Å². The van der Waals surface area contributed by atoms with Crippen molar-refractivity contribution in [2.24, 2.45) is 5.92 Å². The third-order valence-corrected chi connectivity index (χ3v) is 7.36. The van der Waals surface area contributed by atoms with E-state index in [4.69, 9.17) is 4.74 Å². The standard InChI is InChI=1S/C20H27NO3.ClH/c22-16-5-4-15-10-18-20(23)7-9-24-13-19(20,17(15)11-16)6-8-21(18)12-14-2-1-3-14;/h4-5,11,14,18,22-23H,1-3,6-10,12-13H2;1H/t18-,19-,20-;/m1./s1. The molecule has 4 aliphatic rings. The van der Waals surface area contributed by atoms with E-state index < -0.39 is 5.60 Å². The van der Waals surface area contributed by atoms with Crippen LogP contribution in [-0.2, 0) is 16.6 Å². The summed E-state index contributed by atoms with van der Waals surface area (Å²) in [6.45, 7) is 3.38. The first-order valence-corrected chi connectivity index (χ1v) is 9.49. The van der Waals surface area contributed by atoms with Gasteiger partial charge in [-0.15, -0.1) is 12.4 Å². The molecule has 5 rings (SSSR count). The number of rotatable bonds is 2. The van der Waals surface area contributed by atoms with Crippen LogP contribution in [0.2, 0.25) is 0 Å². The topological polar surface area (TPSA) is 52.9 Å². The smallest absolute Gasteiger partial charge is 0.115 e. The summed E-state index contributed by atoms with van der Waals surface area (Å²) in [7, 11) is 0. The van der Waals surface area contributed by atoms with E-state index in [2.05, 4.69) is 11.0 Å². The zero-order valence-electron chi connectivity index (χ0n) is 14.6. The number of aromatic hydroxyl groups is 1. The van der Waals surface area contributed by atoms with Crippen LogP contribution in [0.25, 0.3) is 0 Å². The molecule has 3 atom stereocenters. The molecule has 2 saturated heterocycles. The van der Waals surface area contributed by atoms with Gasteiger partial charge in [-0.3, -0.25) is 4.90 Å². The summed E-state index contributed by atoms with van der Waals surface area (Å²) in [4.78, 5) is 2.57. The zero-order valence-corrected chi connectivity index (χ0v) is 15.4. The Morgan fingerprint density at radius 3 is 2.84 bits per heavy atom. The first kappa shape index (κ1) is 17.6. The summed E-state index contributed by atoms with van der Waals surface area (Å²) in [6, 6.07) is 5.91. The van der Waals surface area contributed by atoms with Crippen LogP contribution in [0, 0.1) is 5.92 Å². The minimum atomic E-state index is -0.728. The number of fused-ring (bicyclic) bond motifs is 1. The molecule has 1 aromatic rings. The highest BCUT2D eigenvalue weighted by Crippen LogP contribution is 2.55. The fourth-order valence-electron chi connectivity index (χ4n) is 5.77. The van der Waals surface area contributed by atoms with E-state index in [1.165, 1.54) is 24.8 Å². The lowest BCUT2D eigenvalue weighted by molar-refractivity contribution is -0.204. The summed E-state index contributed by atoms with van der Waals surface area (Å²) in [6.07, 6.45) is 6.58. The number of hydrogen-bond donors (Lipinski definition) is 2. The number of nitrogens with zero attached hydrogens (tertiary/aromatic N) is 1. The second-order valence-corrected chi connectivity index (χ2v) is 8.41. The quantitative estimate of drug-likeness (QED) is 0.846.